The molecule has 94 valence electrons. The number of rotatable bonds is 4. The van der Waals surface area contributed by atoms with Gasteiger partial charge in [-0.2, -0.15) is 0 Å². The van der Waals surface area contributed by atoms with Gasteiger partial charge in [0.1, 0.15) is 5.69 Å². The molecule has 0 amide bonds. The van der Waals surface area contributed by atoms with E-state index in [0.717, 1.165) is 0 Å². The van der Waals surface area contributed by atoms with E-state index in [4.69, 9.17) is 0 Å². The number of aromatic nitrogens is 1. The van der Waals surface area contributed by atoms with E-state index in [1.54, 1.807) is 0 Å². The third-order valence-corrected chi connectivity index (χ3v) is 3.30. The lowest BCUT2D eigenvalue weighted by Crippen LogP contribution is -2.10. The number of nitrogens with zero attached hydrogens (tertiary/aromatic N) is 1. The minimum absolute atomic E-state index is 0.121. The van der Waals surface area contributed by atoms with Crippen LogP contribution in [0.3, 0.4) is 0 Å². The highest BCUT2D eigenvalue weighted by Gasteiger charge is 2.18. The van der Waals surface area contributed by atoms with Crippen LogP contribution in [0.25, 0.3) is 0 Å². The summed E-state index contributed by atoms with van der Waals surface area (Å²) >= 11 is 6.24. The number of halogens is 4. The van der Waals surface area contributed by atoms with Crippen LogP contribution in [0.4, 0.5) is 8.78 Å². The summed E-state index contributed by atoms with van der Waals surface area (Å²) in [6.45, 7) is 0. The van der Waals surface area contributed by atoms with Crippen LogP contribution in [0.1, 0.15) is 23.4 Å². The first-order valence-corrected chi connectivity index (χ1v) is 6.50. The zero-order chi connectivity index (χ0) is 13.0. The van der Waals surface area contributed by atoms with Crippen LogP contribution in [0.15, 0.2) is 10.5 Å². The molecule has 0 aliphatic heterocycles. The number of hydrogen-bond donors (Lipinski definition) is 0. The van der Waals surface area contributed by atoms with Gasteiger partial charge in [-0.1, -0.05) is 15.9 Å². The first kappa shape index (κ1) is 14.5. The highest BCUT2D eigenvalue weighted by Crippen LogP contribution is 2.28. The minimum Gasteiger partial charge on any atom is -0.469 e. The molecule has 7 heteroatoms. The smallest absolute Gasteiger partial charge is 0.311 e. The van der Waals surface area contributed by atoms with E-state index >= 15 is 0 Å². The van der Waals surface area contributed by atoms with Crippen molar-refractivity contribution >= 4 is 37.8 Å². The number of methoxy groups -OCH3 is 1. The van der Waals surface area contributed by atoms with Crippen LogP contribution in [-0.4, -0.2) is 18.1 Å². The van der Waals surface area contributed by atoms with Gasteiger partial charge in [-0.05, 0) is 27.6 Å². The van der Waals surface area contributed by atoms with E-state index < -0.39 is 12.4 Å². The van der Waals surface area contributed by atoms with Crippen LogP contribution in [0.2, 0.25) is 0 Å². The highest BCUT2D eigenvalue weighted by atomic mass is 79.9. The molecule has 17 heavy (non-hydrogen) atoms. The molecule has 0 fully saturated rings. The van der Waals surface area contributed by atoms with Crippen LogP contribution >= 0.6 is 31.9 Å². The molecular weight excluding hydrogens is 364 g/mol. The Hall–Kier alpha value is -0.560. The lowest BCUT2D eigenvalue weighted by atomic mass is 10.1. The maximum Gasteiger partial charge on any atom is 0.311 e. The summed E-state index contributed by atoms with van der Waals surface area (Å²) in [5.41, 5.74) is 0.604. The topological polar surface area (TPSA) is 39.2 Å². The fourth-order valence-corrected chi connectivity index (χ4v) is 2.24. The molecule has 1 heterocycles. The number of pyridine rings is 1. The van der Waals surface area contributed by atoms with Gasteiger partial charge in [0.25, 0.3) is 6.43 Å². The third-order valence-electron chi connectivity index (χ3n) is 2.06. The zero-order valence-corrected chi connectivity index (χ0v) is 12.0. The Bertz CT molecular complexity index is 427. The predicted molar refractivity (Wildman–Crippen MR) is 65.2 cm³/mol. The number of carbonyl (C=O) groups excluding carboxylic acids is 1. The Balaban J connectivity index is 3.16. The fraction of sp³-hybridized carbons (Fsp3) is 0.400. The molecule has 1 aromatic heterocycles. The van der Waals surface area contributed by atoms with E-state index in [1.807, 2.05) is 0 Å². The number of alkyl halides is 3. The van der Waals surface area contributed by atoms with Gasteiger partial charge in [0.15, 0.2) is 0 Å². The van der Waals surface area contributed by atoms with Gasteiger partial charge >= 0.3 is 5.97 Å². The first-order valence-electron chi connectivity index (χ1n) is 4.58. The molecule has 0 aliphatic rings. The Morgan fingerprint density at radius 1 is 1.59 bits per heavy atom. The highest BCUT2D eigenvalue weighted by molar-refractivity contribution is 9.10. The van der Waals surface area contributed by atoms with Crippen molar-refractivity contribution in [2.45, 2.75) is 18.2 Å². The molecule has 1 aromatic rings. The van der Waals surface area contributed by atoms with Crippen molar-refractivity contribution in [1.29, 1.82) is 0 Å². The van der Waals surface area contributed by atoms with E-state index in [9.17, 15) is 13.6 Å². The molecule has 0 bridgehead atoms. The molecule has 3 nitrogen and oxygen atoms in total. The van der Waals surface area contributed by atoms with Crippen molar-refractivity contribution in [3.63, 3.8) is 0 Å². The quantitative estimate of drug-likeness (QED) is 0.600. The molecule has 0 unspecified atom stereocenters. The maximum absolute atomic E-state index is 12.6. The standard InChI is InChI=1S/C10H9Br2F2NO2/c1-17-8(16)3-7-5(4-11)2-6(12)9(15-7)10(13)14/h2,10H,3-4H2,1H3. The zero-order valence-electron chi connectivity index (χ0n) is 8.84. The average molecular weight is 373 g/mol. The second-order valence-electron chi connectivity index (χ2n) is 3.15. The SMILES string of the molecule is COC(=O)Cc1nc(C(F)F)c(Br)cc1CBr. The van der Waals surface area contributed by atoms with E-state index in [-0.39, 0.29) is 16.6 Å². The largest absolute Gasteiger partial charge is 0.469 e. The fourth-order valence-electron chi connectivity index (χ4n) is 1.21. The van der Waals surface area contributed by atoms with Crippen molar-refractivity contribution < 1.29 is 18.3 Å². The van der Waals surface area contributed by atoms with Gasteiger partial charge in [0.05, 0.1) is 19.2 Å². The van der Waals surface area contributed by atoms with Crippen LogP contribution < -0.4 is 0 Å². The molecule has 0 aromatic carbocycles. The van der Waals surface area contributed by atoms with E-state index in [0.29, 0.717) is 16.6 Å². The molecule has 0 spiro atoms. The molecule has 0 atom stereocenters. The second-order valence-corrected chi connectivity index (χ2v) is 4.56. The molecular formula is C10H9Br2F2NO2. The average Bonchev–Trinajstić information content (AvgIpc) is 2.30. The summed E-state index contributed by atoms with van der Waals surface area (Å²) in [6, 6.07) is 1.53. The van der Waals surface area contributed by atoms with E-state index in [2.05, 4.69) is 41.6 Å². The van der Waals surface area contributed by atoms with Crippen molar-refractivity contribution in [3.8, 4) is 0 Å². The Morgan fingerprint density at radius 3 is 2.71 bits per heavy atom. The van der Waals surface area contributed by atoms with Gasteiger partial charge < -0.3 is 4.74 Å². The number of carbonyl (C=O) groups is 1. The Morgan fingerprint density at radius 2 is 2.24 bits per heavy atom. The summed E-state index contributed by atoms with van der Waals surface area (Å²) in [7, 11) is 1.24. The lowest BCUT2D eigenvalue weighted by molar-refractivity contribution is -0.139. The molecule has 0 saturated carbocycles. The van der Waals surface area contributed by atoms with Crippen molar-refractivity contribution in [3.05, 3.63) is 27.5 Å². The summed E-state index contributed by atoms with van der Waals surface area (Å²) < 4.78 is 30.0. The summed E-state index contributed by atoms with van der Waals surface area (Å²) in [4.78, 5) is 14.9. The van der Waals surface area contributed by atoms with Gasteiger partial charge in [-0.15, -0.1) is 0 Å². The molecule has 0 aliphatic carbocycles. The van der Waals surface area contributed by atoms with Crippen LogP contribution in [0.5, 0.6) is 0 Å². The van der Waals surface area contributed by atoms with Crippen molar-refractivity contribution in [2.24, 2.45) is 0 Å². The minimum atomic E-state index is -2.69. The summed E-state index contributed by atoms with van der Waals surface area (Å²) in [6.07, 6.45) is -2.81. The molecule has 0 radical (unpaired) electrons. The monoisotopic (exact) mass is 371 g/mol. The second kappa shape index (κ2) is 6.39. The van der Waals surface area contributed by atoms with Gasteiger partial charge in [-0.3, -0.25) is 4.79 Å². The lowest BCUT2D eigenvalue weighted by Gasteiger charge is -2.10. The molecule has 0 saturated heterocycles. The van der Waals surface area contributed by atoms with E-state index in [1.165, 1.54) is 13.2 Å². The first-order chi connectivity index (χ1) is 7.99. The Labute approximate surface area is 114 Å². The van der Waals surface area contributed by atoms with Crippen molar-refractivity contribution in [1.82, 2.24) is 4.98 Å². The number of esters is 1. The summed E-state index contributed by atoms with van der Waals surface area (Å²) in [5.74, 6) is -0.512. The van der Waals surface area contributed by atoms with Gasteiger partial charge in [0.2, 0.25) is 0 Å². The number of ether oxygens (including phenoxy) is 1. The molecule has 0 N–H and O–H groups in total. The van der Waals surface area contributed by atoms with Gasteiger partial charge in [0, 0.05) is 9.80 Å². The van der Waals surface area contributed by atoms with Crippen LogP contribution in [0, 0.1) is 0 Å². The van der Waals surface area contributed by atoms with Crippen LogP contribution in [-0.2, 0) is 21.3 Å². The van der Waals surface area contributed by atoms with Gasteiger partial charge in [-0.25, -0.2) is 13.8 Å². The normalized spacial score (nSPS) is 10.7. The van der Waals surface area contributed by atoms with Crippen molar-refractivity contribution in [2.75, 3.05) is 7.11 Å². The predicted octanol–water partition coefficient (Wildman–Crippen LogP) is 3.39. The third kappa shape index (κ3) is 3.70. The number of hydrogen-bond acceptors (Lipinski definition) is 3. The Kier molecular flexibility index (Phi) is 5.45. The maximum atomic E-state index is 12.6. The molecule has 1 rings (SSSR count). The summed E-state index contributed by atoms with van der Waals surface area (Å²) in [5, 5.41) is 0.425.